The second kappa shape index (κ2) is 8.82. The first-order valence-corrected chi connectivity index (χ1v) is 10.2. The van der Waals surface area contributed by atoms with E-state index < -0.39 is 28.7 Å². The van der Waals surface area contributed by atoms with Gasteiger partial charge in [-0.25, -0.2) is 8.42 Å². The van der Waals surface area contributed by atoms with Gasteiger partial charge in [0.1, 0.15) is 17.2 Å². The van der Waals surface area contributed by atoms with Crippen LogP contribution in [0.1, 0.15) is 17.3 Å². The van der Waals surface area contributed by atoms with Gasteiger partial charge in [-0.05, 0) is 37.3 Å². The Balaban J connectivity index is 2.36. The highest BCUT2D eigenvalue weighted by molar-refractivity contribution is 9.10. The van der Waals surface area contributed by atoms with Gasteiger partial charge in [0.05, 0.1) is 17.9 Å². The van der Waals surface area contributed by atoms with Crippen molar-refractivity contribution < 1.29 is 31.1 Å². The molecule has 2 aromatic carbocycles. The SMILES string of the molecule is CCOc1ccc(Br)cc1S(=O)(=O)Nc1ccccc1C(=O)NCC(F)(F)F. The van der Waals surface area contributed by atoms with Crippen molar-refractivity contribution in [2.75, 3.05) is 17.9 Å². The van der Waals surface area contributed by atoms with E-state index >= 15 is 0 Å². The minimum atomic E-state index is -4.59. The fraction of sp³-hybridized carbons (Fsp3) is 0.235. The van der Waals surface area contributed by atoms with Crippen LogP contribution in [0.4, 0.5) is 18.9 Å². The van der Waals surface area contributed by atoms with Crippen molar-refractivity contribution in [3.05, 3.63) is 52.5 Å². The third kappa shape index (κ3) is 5.86. The van der Waals surface area contributed by atoms with Crippen LogP contribution in [-0.4, -0.2) is 33.7 Å². The van der Waals surface area contributed by atoms with E-state index in [1.54, 1.807) is 18.3 Å². The van der Waals surface area contributed by atoms with Gasteiger partial charge in [0, 0.05) is 4.47 Å². The van der Waals surface area contributed by atoms with Gasteiger partial charge in [0.25, 0.3) is 15.9 Å². The second-order valence-corrected chi connectivity index (χ2v) is 8.04. The number of carbonyl (C=O) groups excluding carboxylic acids is 1. The number of nitrogens with one attached hydrogen (secondary N) is 2. The number of ether oxygens (including phenoxy) is 1. The van der Waals surface area contributed by atoms with Gasteiger partial charge in [0.15, 0.2) is 0 Å². The number of sulfonamides is 1. The van der Waals surface area contributed by atoms with Gasteiger partial charge in [0.2, 0.25) is 0 Å². The average Bonchev–Trinajstić information content (AvgIpc) is 2.61. The number of rotatable bonds is 7. The van der Waals surface area contributed by atoms with Crippen LogP contribution in [0.3, 0.4) is 0 Å². The standard InChI is InChI=1S/C17H16BrF3N2O4S/c1-2-27-14-8-7-11(18)9-15(14)28(25,26)23-13-6-4-3-5-12(13)16(24)22-10-17(19,20)21/h3-9,23H,2,10H2,1H3,(H,22,24). The summed E-state index contributed by atoms with van der Waals surface area (Å²) in [6, 6.07) is 9.73. The zero-order valence-corrected chi connectivity index (χ0v) is 16.9. The predicted molar refractivity (Wildman–Crippen MR) is 101 cm³/mol. The molecule has 0 saturated heterocycles. The summed E-state index contributed by atoms with van der Waals surface area (Å²) < 4.78 is 70.7. The molecule has 0 aliphatic carbocycles. The molecule has 0 fully saturated rings. The quantitative estimate of drug-likeness (QED) is 0.628. The molecule has 0 aliphatic rings. The Kier molecular flexibility index (Phi) is 6.94. The van der Waals surface area contributed by atoms with E-state index in [-0.39, 0.29) is 28.5 Å². The molecule has 2 rings (SSSR count). The van der Waals surface area contributed by atoms with Crippen molar-refractivity contribution in [3.63, 3.8) is 0 Å². The summed E-state index contributed by atoms with van der Waals surface area (Å²) in [6.07, 6.45) is -4.59. The first-order chi connectivity index (χ1) is 13.0. The van der Waals surface area contributed by atoms with Crippen LogP contribution >= 0.6 is 15.9 Å². The number of benzene rings is 2. The fourth-order valence-corrected chi connectivity index (χ4v) is 3.98. The summed E-state index contributed by atoms with van der Waals surface area (Å²) in [6.45, 7) is 0.375. The highest BCUT2D eigenvalue weighted by Gasteiger charge is 2.29. The first-order valence-electron chi connectivity index (χ1n) is 7.92. The topological polar surface area (TPSA) is 84.5 Å². The molecule has 28 heavy (non-hydrogen) atoms. The number of alkyl halides is 3. The van der Waals surface area contributed by atoms with Crippen LogP contribution in [0.25, 0.3) is 0 Å². The van der Waals surface area contributed by atoms with Crippen molar-refractivity contribution in [1.29, 1.82) is 0 Å². The van der Waals surface area contributed by atoms with Crippen LogP contribution < -0.4 is 14.8 Å². The number of halogens is 4. The molecule has 2 N–H and O–H groups in total. The lowest BCUT2D eigenvalue weighted by molar-refractivity contribution is -0.123. The van der Waals surface area contributed by atoms with E-state index in [9.17, 15) is 26.4 Å². The molecule has 0 saturated carbocycles. The molecule has 0 aromatic heterocycles. The fourth-order valence-electron chi connectivity index (χ4n) is 2.21. The van der Waals surface area contributed by atoms with E-state index in [0.717, 1.165) is 0 Å². The minimum absolute atomic E-state index is 0.0946. The average molecular weight is 481 g/mol. The zero-order chi connectivity index (χ0) is 20.9. The molecule has 1 amide bonds. The van der Waals surface area contributed by atoms with Crippen LogP contribution in [0.15, 0.2) is 51.8 Å². The number of para-hydroxylation sites is 1. The van der Waals surface area contributed by atoms with Crippen molar-refractivity contribution in [2.24, 2.45) is 0 Å². The Morgan fingerprint density at radius 1 is 1.18 bits per heavy atom. The summed E-state index contributed by atoms with van der Waals surface area (Å²) in [4.78, 5) is 11.9. The van der Waals surface area contributed by atoms with E-state index in [0.29, 0.717) is 4.47 Å². The van der Waals surface area contributed by atoms with E-state index in [2.05, 4.69) is 20.7 Å². The van der Waals surface area contributed by atoms with Crippen LogP contribution in [0, 0.1) is 0 Å². The Morgan fingerprint density at radius 3 is 2.50 bits per heavy atom. The van der Waals surface area contributed by atoms with Crippen molar-refractivity contribution >= 4 is 37.5 Å². The third-order valence-corrected chi connectivity index (χ3v) is 5.24. The monoisotopic (exact) mass is 480 g/mol. The molecule has 0 atom stereocenters. The Morgan fingerprint density at radius 2 is 1.86 bits per heavy atom. The van der Waals surface area contributed by atoms with Gasteiger partial charge in [-0.3, -0.25) is 9.52 Å². The number of amides is 1. The summed E-state index contributed by atoms with van der Waals surface area (Å²) in [7, 11) is -4.20. The van der Waals surface area contributed by atoms with Gasteiger partial charge >= 0.3 is 6.18 Å². The lowest BCUT2D eigenvalue weighted by Gasteiger charge is -2.15. The summed E-state index contributed by atoms with van der Waals surface area (Å²) in [5.41, 5.74) is -0.409. The predicted octanol–water partition coefficient (Wildman–Crippen LogP) is 3.94. The second-order valence-electron chi connectivity index (χ2n) is 5.47. The molecule has 0 radical (unpaired) electrons. The molecule has 0 aliphatic heterocycles. The largest absolute Gasteiger partial charge is 0.492 e. The van der Waals surface area contributed by atoms with Crippen molar-refractivity contribution in [2.45, 2.75) is 18.0 Å². The molecular weight excluding hydrogens is 465 g/mol. The van der Waals surface area contributed by atoms with Crippen LogP contribution in [0.5, 0.6) is 5.75 Å². The van der Waals surface area contributed by atoms with Gasteiger partial charge in [-0.2, -0.15) is 13.2 Å². The summed E-state index contributed by atoms with van der Waals surface area (Å²) >= 11 is 3.18. The zero-order valence-electron chi connectivity index (χ0n) is 14.5. The molecule has 0 unspecified atom stereocenters. The van der Waals surface area contributed by atoms with Crippen LogP contribution in [-0.2, 0) is 10.0 Å². The number of carbonyl (C=O) groups is 1. The molecule has 11 heteroatoms. The molecule has 2 aromatic rings. The van der Waals surface area contributed by atoms with E-state index in [1.165, 1.54) is 36.4 Å². The highest BCUT2D eigenvalue weighted by atomic mass is 79.9. The normalized spacial score (nSPS) is 11.8. The lowest BCUT2D eigenvalue weighted by atomic mass is 10.1. The molecule has 0 spiro atoms. The van der Waals surface area contributed by atoms with Gasteiger partial charge in [-0.1, -0.05) is 28.1 Å². The lowest BCUT2D eigenvalue weighted by Crippen LogP contribution is -2.34. The summed E-state index contributed by atoms with van der Waals surface area (Å²) in [5.74, 6) is -0.966. The maximum absolute atomic E-state index is 12.8. The van der Waals surface area contributed by atoms with Gasteiger partial charge < -0.3 is 10.1 Å². The number of hydrogen-bond acceptors (Lipinski definition) is 4. The van der Waals surface area contributed by atoms with E-state index in [4.69, 9.17) is 4.74 Å². The third-order valence-electron chi connectivity index (χ3n) is 3.36. The molecule has 0 heterocycles. The maximum Gasteiger partial charge on any atom is 0.405 e. The van der Waals surface area contributed by atoms with Crippen molar-refractivity contribution in [3.8, 4) is 5.75 Å². The maximum atomic E-state index is 12.8. The molecule has 152 valence electrons. The Labute approximate surface area is 168 Å². The molecular formula is C17H16BrF3N2O4S. The Hall–Kier alpha value is -2.27. The summed E-state index contributed by atoms with van der Waals surface area (Å²) in [5, 5.41) is 1.71. The number of hydrogen-bond donors (Lipinski definition) is 2. The smallest absolute Gasteiger partial charge is 0.405 e. The van der Waals surface area contributed by atoms with Crippen molar-refractivity contribution in [1.82, 2.24) is 5.32 Å². The van der Waals surface area contributed by atoms with E-state index in [1.807, 2.05) is 0 Å². The molecule has 0 bridgehead atoms. The van der Waals surface area contributed by atoms with Crippen LogP contribution in [0.2, 0.25) is 0 Å². The minimum Gasteiger partial charge on any atom is -0.492 e. The number of anilines is 1. The first kappa shape index (κ1) is 22.0. The molecule has 6 nitrogen and oxygen atoms in total. The van der Waals surface area contributed by atoms with Gasteiger partial charge in [-0.15, -0.1) is 0 Å². The Bertz CT molecular complexity index is 965. The highest BCUT2D eigenvalue weighted by Crippen LogP contribution is 2.30.